The first kappa shape index (κ1) is 15.7. The monoisotopic (exact) mass is 312 g/mol. The lowest BCUT2D eigenvalue weighted by atomic mass is 10.0. The molecule has 0 saturated carbocycles. The van der Waals surface area contributed by atoms with E-state index < -0.39 is 0 Å². The van der Waals surface area contributed by atoms with Gasteiger partial charge in [0.1, 0.15) is 0 Å². The van der Waals surface area contributed by atoms with E-state index >= 15 is 0 Å². The van der Waals surface area contributed by atoms with E-state index in [0.717, 1.165) is 26.1 Å². The molecule has 1 aromatic carbocycles. The second kappa shape index (κ2) is 6.96. The third-order valence-electron chi connectivity index (χ3n) is 4.39. The van der Waals surface area contributed by atoms with Crippen LogP contribution in [0.15, 0.2) is 35.5 Å². The number of rotatable bonds is 2. The Balaban J connectivity index is 1.73. The molecule has 0 radical (unpaired) electrons. The summed E-state index contributed by atoms with van der Waals surface area (Å²) in [6.45, 7) is 7.20. The van der Waals surface area contributed by atoms with Crippen LogP contribution in [-0.4, -0.2) is 48.9 Å². The summed E-state index contributed by atoms with van der Waals surface area (Å²) in [6, 6.07) is 8.62. The molecule has 1 fully saturated rings. The number of carbonyl (C=O) groups is 1. The van der Waals surface area contributed by atoms with E-state index in [4.69, 9.17) is 0 Å². The van der Waals surface area contributed by atoms with Crippen molar-refractivity contribution in [1.29, 1.82) is 0 Å². The van der Waals surface area contributed by atoms with Crippen LogP contribution >= 0.6 is 0 Å². The van der Waals surface area contributed by atoms with Gasteiger partial charge in [0, 0.05) is 38.4 Å². The van der Waals surface area contributed by atoms with Crippen LogP contribution in [0.1, 0.15) is 24.5 Å². The van der Waals surface area contributed by atoms with Gasteiger partial charge < -0.3 is 15.5 Å². The van der Waals surface area contributed by atoms with Crippen molar-refractivity contribution < 1.29 is 4.79 Å². The van der Waals surface area contributed by atoms with E-state index in [1.807, 2.05) is 11.1 Å². The molecule has 1 atom stereocenters. The first-order chi connectivity index (χ1) is 11.1. The molecule has 0 spiro atoms. The van der Waals surface area contributed by atoms with Gasteiger partial charge in [-0.25, -0.2) is 0 Å². The van der Waals surface area contributed by atoms with Gasteiger partial charge in [-0.2, -0.15) is 0 Å². The molecule has 1 saturated heterocycles. The topological polar surface area (TPSA) is 56.7 Å². The average molecular weight is 312 g/mol. The summed E-state index contributed by atoms with van der Waals surface area (Å²) in [5.41, 5.74) is 3.62. The van der Waals surface area contributed by atoms with Crippen LogP contribution in [0.4, 0.5) is 0 Å². The molecule has 1 amide bonds. The smallest absolute Gasteiger partial charge is 0.289 e. The zero-order valence-corrected chi connectivity index (χ0v) is 13.8. The molecule has 1 aromatic rings. The van der Waals surface area contributed by atoms with Crippen LogP contribution in [0.3, 0.4) is 0 Å². The Labute approximate surface area is 137 Å². The van der Waals surface area contributed by atoms with E-state index in [0.29, 0.717) is 12.4 Å². The van der Waals surface area contributed by atoms with Gasteiger partial charge >= 0.3 is 0 Å². The van der Waals surface area contributed by atoms with Gasteiger partial charge in [-0.15, -0.1) is 0 Å². The molecule has 5 heteroatoms. The number of benzene rings is 1. The van der Waals surface area contributed by atoms with Crippen molar-refractivity contribution in [3.05, 3.63) is 41.6 Å². The molecule has 5 nitrogen and oxygen atoms in total. The highest BCUT2D eigenvalue weighted by molar-refractivity contribution is 6.38. The van der Waals surface area contributed by atoms with Crippen molar-refractivity contribution >= 4 is 17.3 Å². The first-order valence-electron chi connectivity index (χ1n) is 8.24. The van der Waals surface area contributed by atoms with Crippen molar-refractivity contribution in [3.63, 3.8) is 0 Å². The van der Waals surface area contributed by atoms with Crippen molar-refractivity contribution in [1.82, 2.24) is 15.5 Å². The minimum absolute atomic E-state index is 0.000687. The number of aryl methyl sites for hydroxylation is 1. The van der Waals surface area contributed by atoms with Gasteiger partial charge in [-0.3, -0.25) is 9.79 Å². The van der Waals surface area contributed by atoms with E-state index in [1.54, 1.807) is 0 Å². The molecule has 0 bridgehead atoms. The first-order valence-corrected chi connectivity index (χ1v) is 8.24. The minimum atomic E-state index is 0.000687. The number of nitrogens with one attached hydrogen (secondary N) is 2. The Hall–Kier alpha value is -2.14. The Morgan fingerprint density at radius 1 is 1.39 bits per heavy atom. The zero-order valence-electron chi connectivity index (χ0n) is 13.8. The maximum Gasteiger partial charge on any atom is 0.289 e. The van der Waals surface area contributed by atoms with Crippen LogP contribution < -0.4 is 10.6 Å². The summed E-state index contributed by atoms with van der Waals surface area (Å²) >= 11 is 0. The van der Waals surface area contributed by atoms with Crippen LogP contribution in [0.5, 0.6) is 0 Å². The number of aliphatic imine (C=N–C) groups is 1. The fourth-order valence-corrected chi connectivity index (χ4v) is 3.04. The van der Waals surface area contributed by atoms with Gasteiger partial charge in [-0.05, 0) is 31.4 Å². The molecule has 122 valence electrons. The summed E-state index contributed by atoms with van der Waals surface area (Å²) in [5, 5.41) is 6.45. The summed E-state index contributed by atoms with van der Waals surface area (Å²) < 4.78 is 0. The van der Waals surface area contributed by atoms with E-state index in [9.17, 15) is 4.79 Å². The molecular formula is C18H24N4O. The number of amides is 1. The molecular weight excluding hydrogens is 288 g/mol. The van der Waals surface area contributed by atoms with E-state index in [2.05, 4.69) is 53.7 Å². The molecule has 23 heavy (non-hydrogen) atoms. The van der Waals surface area contributed by atoms with Gasteiger partial charge in [0.25, 0.3) is 5.91 Å². The second-order valence-corrected chi connectivity index (χ2v) is 6.22. The SMILES string of the molecule is Cc1cccc(C2=CNC(C(=O)N3CCNCC3C)=NCC2)c1. The summed E-state index contributed by atoms with van der Waals surface area (Å²) in [4.78, 5) is 19.1. The summed E-state index contributed by atoms with van der Waals surface area (Å²) in [5.74, 6) is 0.460. The minimum Gasteiger partial charge on any atom is -0.342 e. The van der Waals surface area contributed by atoms with Gasteiger partial charge in [0.05, 0.1) is 0 Å². The van der Waals surface area contributed by atoms with E-state index in [1.165, 1.54) is 16.7 Å². The highest BCUT2D eigenvalue weighted by Gasteiger charge is 2.26. The normalized spacial score (nSPS) is 21.8. The molecule has 2 N–H and O–H groups in total. The number of carbonyl (C=O) groups excluding carboxylic acids is 1. The maximum absolute atomic E-state index is 12.7. The predicted molar refractivity (Wildman–Crippen MR) is 93.3 cm³/mol. The largest absolute Gasteiger partial charge is 0.342 e. The molecule has 0 aromatic heterocycles. The lowest BCUT2D eigenvalue weighted by Crippen LogP contribution is -2.55. The van der Waals surface area contributed by atoms with Crippen molar-refractivity contribution in [2.24, 2.45) is 4.99 Å². The lowest BCUT2D eigenvalue weighted by molar-refractivity contribution is -0.126. The van der Waals surface area contributed by atoms with Gasteiger partial charge in [0.2, 0.25) is 0 Å². The van der Waals surface area contributed by atoms with Gasteiger partial charge in [-0.1, -0.05) is 29.8 Å². The Morgan fingerprint density at radius 2 is 2.26 bits per heavy atom. The Morgan fingerprint density at radius 3 is 3.04 bits per heavy atom. The number of nitrogens with zero attached hydrogens (tertiary/aromatic N) is 2. The lowest BCUT2D eigenvalue weighted by Gasteiger charge is -2.34. The molecule has 2 heterocycles. The van der Waals surface area contributed by atoms with Crippen LogP contribution in [-0.2, 0) is 4.79 Å². The van der Waals surface area contributed by atoms with Crippen LogP contribution in [0, 0.1) is 6.92 Å². The summed E-state index contributed by atoms with van der Waals surface area (Å²) in [6.07, 6.45) is 2.77. The third kappa shape index (κ3) is 3.62. The highest BCUT2D eigenvalue weighted by atomic mass is 16.2. The third-order valence-corrected chi connectivity index (χ3v) is 4.39. The Bertz CT molecular complexity index is 650. The number of hydrogen-bond donors (Lipinski definition) is 2. The maximum atomic E-state index is 12.7. The molecule has 2 aliphatic rings. The fraction of sp³-hybridized carbons (Fsp3) is 0.444. The van der Waals surface area contributed by atoms with Crippen LogP contribution in [0.2, 0.25) is 0 Å². The summed E-state index contributed by atoms with van der Waals surface area (Å²) in [7, 11) is 0. The van der Waals surface area contributed by atoms with Crippen molar-refractivity contribution in [2.45, 2.75) is 26.3 Å². The van der Waals surface area contributed by atoms with E-state index in [-0.39, 0.29) is 11.9 Å². The highest BCUT2D eigenvalue weighted by Crippen LogP contribution is 2.20. The van der Waals surface area contributed by atoms with Crippen molar-refractivity contribution in [3.8, 4) is 0 Å². The number of amidine groups is 1. The quantitative estimate of drug-likeness (QED) is 0.871. The predicted octanol–water partition coefficient (Wildman–Crippen LogP) is 1.55. The number of hydrogen-bond acceptors (Lipinski definition) is 4. The van der Waals surface area contributed by atoms with Gasteiger partial charge in [0.15, 0.2) is 5.84 Å². The zero-order chi connectivity index (χ0) is 16.2. The van der Waals surface area contributed by atoms with Crippen molar-refractivity contribution in [2.75, 3.05) is 26.2 Å². The number of piperazine rings is 1. The Kier molecular flexibility index (Phi) is 4.76. The standard InChI is InChI=1S/C18H24N4O/c1-13-4-3-5-15(10-13)16-6-7-20-17(21-12-16)18(23)22-9-8-19-11-14(22)2/h3-5,10,12,14,19H,6-9,11H2,1-2H3,(H,20,21). The molecule has 0 aliphatic carbocycles. The molecule has 1 unspecified atom stereocenters. The molecule has 2 aliphatic heterocycles. The second-order valence-electron chi connectivity index (χ2n) is 6.22. The fourth-order valence-electron chi connectivity index (χ4n) is 3.04. The van der Waals surface area contributed by atoms with Crippen LogP contribution in [0.25, 0.3) is 5.57 Å². The average Bonchev–Trinajstić information content (AvgIpc) is 2.81. The molecule has 3 rings (SSSR count).